The third-order valence-electron chi connectivity index (χ3n) is 4.57. The maximum Gasteiger partial charge on any atom is 0.203 e. The molecule has 0 fully saturated rings. The number of nitrogens with zero attached hydrogens (tertiary/aromatic N) is 4. The van der Waals surface area contributed by atoms with Gasteiger partial charge < -0.3 is 4.42 Å². The van der Waals surface area contributed by atoms with Crippen LogP contribution in [0.4, 0.5) is 4.39 Å². The van der Waals surface area contributed by atoms with Crippen molar-refractivity contribution in [3.63, 3.8) is 0 Å². The number of furan rings is 1. The highest BCUT2D eigenvalue weighted by molar-refractivity contribution is 7.98. The summed E-state index contributed by atoms with van der Waals surface area (Å²) in [4.78, 5) is 0. The Bertz CT molecular complexity index is 1190. The predicted molar refractivity (Wildman–Crippen MR) is 114 cm³/mol. The number of nitriles is 1. The molecule has 0 N–H and O–H groups in total. The van der Waals surface area contributed by atoms with Crippen LogP contribution in [0.15, 0.2) is 70.2 Å². The first-order valence-corrected chi connectivity index (χ1v) is 10.6. The molecule has 150 valence electrons. The molecule has 0 bridgehead atoms. The van der Waals surface area contributed by atoms with Crippen LogP contribution in [0.1, 0.15) is 30.4 Å². The molecule has 0 spiro atoms. The molecule has 0 saturated carbocycles. The molecule has 0 aliphatic carbocycles. The minimum atomic E-state index is -0.323. The summed E-state index contributed by atoms with van der Waals surface area (Å²) in [6.07, 6.45) is 1.71. The van der Waals surface area contributed by atoms with E-state index in [4.69, 9.17) is 9.68 Å². The largest absolute Gasteiger partial charge is 0.450 e. The van der Waals surface area contributed by atoms with E-state index < -0.39 is 0 Å². The van der Waals surface area contributed by atoms with Crippen molar-refractivity contribution < 1.29 is 8.81 Å². The first-order chi connectivity index (χ1) is 14.7. The van der Waals surface area contributed by atoms with Crippen LogP contribution >= 0.6 is 11.8 Å². The summed E-state index contributed by atoms with van der Waals surface area (Å²) in [5, 5.41) is 18.6. The van der Waals surface area contributed by atoms with Crippen molar-refractivity contribution in [2.75, 3.05) is 0 Å². The lowest BCUT2D eigenvalue weighted by Crippen LogP contribution is -2.00. The number of thioether (sulfide) groups is 1. The number of para-hydroxylation sites is 1. The van der Waals surface area contributed by atoms with Crippen molar-refractivity contribution in [2.45, 2.75) is 30.7 Å². The molecule has 7 heteroatoms. The maximum atomic E-state index is 13.8. The van der Waals surface area contributed by atoms with E-state index in [0.717, 1.165) is 29.9 Å². The van der Waals surface area contributed by atoms with Crippen LogP contribution in [0.5, 0.6) is 0 Å². The standard InChI is InChI=1S/C23H19FN4OS/c1-2-7-21-17(13-20(14-25)29-21)15-30-23-27-26-22(16-8-6-9-18(24)12-16)28(23)19-10-4-3-5-11-19/h3-6,8-13H,2,7,15H2,1H3. The molecule has 4 rings (SSSR count). The van der Waals surface area contributed by atoms with E-state index in [0.29, 0.717) is 28.1 Å². The highest BCUT2D eigenvalue weighted by Crippen LogP contribution is 2.31. The van der Waals surface area contributed by atoms with Gasteiger partial charge in [-0.3, -0.25) is 4.57 Å². The van der Waals surface area contributed by atoms with Gasteiger partial charge in [0.05, 0.1) is 0 Å². The molecule has 0 aliphatic heterocycles. The summed E-state index contributed by atoms with van der Waals surface area (Å²) in [5.74, 6) is 1.99. The zero-order chi connectivity index (χ0) is 20.9. The average molecular weight is 418 g/mol. The molecule has 2 aromatic carbocycles. The lowest BCUT2D eigenvalue weighted by molar-refractivity contribution is 0.492. The van der Waals surface area contributed by atoms with Crippen LogP contribution in [0.2, 0.25) is 0 Å². The smallest absolute Gasteiger partial charge is 0.203 e. The van der Waals surface area contributed by atoms with Gasteiger partial charge in [-0.25, -0.2) is 4.39 Å². The molecule has 2 heterocycles. The molecule has 30 heavy (non-hydrogen) atoms. The van der Waals surface area contributed by atoms with E-state index in [1.54, 1.807) is 12.1 Å². The zero-order valence-electron chi connectivity index (χ0n) is 16.4. The van der Waals surface area contributed by atoms with E-state index >= 15 is 0 Å². The van der Waals surface area contributed by atoms with Gasteiger partial charge >= 0.3 is 0 Å². The summed E-state index contributed by atoms with van der Waals surface area (Å²) < 4.78 is 21.4. The Hall–Kier alpha value is -3.37. The molecular weight excluding hydrogens is 399 g/mol. The molecular formula is C23H19FN4OS. The van der Waals surface area contributed by atoms with Crippen molar-refractivity contribution in [1.82, 2.24) is 14.8 Å². The third-order valence-corrected chi connectivity index (χ3v) is 5.55. The van der Waals surface area contributed by atoms with Gasteiger partial charge in [0.1, 0.15) is 17.6 Å². The Kier molecular flexibility index (Phi) is 5.96. The second-order valence-corrected chi connectivity index (χ2v) is 7.64. The third kappa shape index (κ3) is 4.14. The fraction of sp³-hybridized carbons (Fsp3) is 0.174. The Morgan fingerprint density at radius 1 is 1.10 bits per heavy atom. The van der Waals surface area contributed by atoms with Gasteiger partial charge in [0, 0.05) is 29.0 Å². The molecule has 0 atom stereocenters. The van der Waals surface area contributed by atoms with E-state index in [-0.39, 0.29) is 5.82 Å². The number of halogens is 1. The SMILES string of the molecule is CCCc1oc(C#N)cc1CSc1nnc(-c2cccc(F)c2)n1-c1ccccc1. The molecule has 0 radical (unpaired) electrons. The fourth-order valence-corrected chi connectivity index (χ4v) is 4.16. The van der Waals surface area contributed by atoms with Crippen molar-refractivity contribution in [2.24, 2.45) is 0 Å². The summed E-state index contributed by atoms with van der Waals surface area (Å²) >= 11 is 1.50. The minimum Gasteiger partial charge on any atom is -0.450 e. The first kappa shape index (κ1) is 19.9. The molecule has 5 nitrogen and oxygen atoms in total. The Morgan fingerprint density at radius 3 is 2.67 bits per heavy atom. The van der Waals surface area contributed by atoms with Crippen LogP contribution in [-0.2, 0) is 12.2 Å². The summed E-state index contributed by atoms with van der Waals surface area (Å²) in [6, 6.07) is 19.9. The monoisotopic (exact) mass is 418 g/mol. The Morgan fingerprint density at radius 2 is 1.93 bits per heavy atom. The van der Waals surface area contributed by atoms with E-state index in [9.17, 15) is 4.39 Å². The zero-order valence-corrected chi connectivity index (χ0v) is 17.2. The number of hydrogen-bond donors (Lipinski definition) is 0. The normalized spacial score (nSPS) is 10.8. The Balaban J connectivity index is 1.71. The number of aromatic nitrogens is 3. The van der Waals surface area contributed by atoms with Crippen LogP contribution in [0.3, 0.4) is 0 Å². The second kappa shape index (κ2) is 8.97. The molecule has 0 aliphatic rings. The summed E-state index contributed by atoms with van der Waals surface area (Å²) in [5.41, 5.74) is 2.52. The fourth-order valence-electron chi connectivity index (χ4n) is 3.21. The van der Waals surface area contributed by atoms with Gasteiger partial charge in [0.25, 0.3) is 0 Å². The number of hydrogen-bond acceptors (Lipinski definition) is 5. The van der Waals surface area contributed by atoms with E-state index in [1.807, 2.05) is 41.0 Å². The van der Waals surface area contributed by atoms with Crippen LogP contribution in [0, 0.1) is 17.1 Å². The van der Waals surface area contributed by atoms with Gasteiger partial charge in [-0.2, -0.15) is 5.26 Å². The van der Waals surface area contributed by atoms with Gasteiger partial charge in [0.2, 0.25) is 5.76 Å². The highest BCUT2D eigenvalue weighted by Gasteiger charge is 2.18. The van der Waals surface area contributed by atoms with Crippen molar-refractivity contribution in [3.8, 4) is 23.1 Å². The molecule has 0 amide bonds. The van der Waals surface area contributed by atoms with Gasteiger partial charge in [0.15, 0.2) is 11.0 Å². The molecule has 2 aromatic heterocycles. The van der Waals surface area contributed by atoms with Crippen molar-refractivity contribution >= 4 is 11.8 Å². The van der Waals surface area contributed by atoms with Crippen molar-refractivity contribution in [3.05, 3.63) is 83.6 Å². The lowest BCUT2D eigenvalue weighted by Gasteiger charge is -2.10. The lowest BCUT2D eigenvalue weighted by atomic mass is 10.2. The quantitative estimate of drug-likeness (QED) is 0.356. The van der Waals surface area contributed by atoms with Gasteiger partial charge in [-0.05, 0) is 36.8 Å². The summed E-state index contributed by atoms with van der Waals surface area (Å²) in [6.45, 7) is 2.07. The topological polar surface area (TPSA) is 67.6 Å². The van der Waals surface area contributed by atoms with Gasteiger partial charge in [-0.15, -0.1) is 10.2 Å². The van der Waals surface area contributed by atoms with Crippen LogP contribution < -0.4 is 0 Å². The van der Waals surface area contributed by atoms with Crippen molar-refractivity contribution in [1.29, 1.82) is 5.26 Å². The first-order valence-electron chi connectivity index (χ1n) is 9.61. The van der Waals surface area contributed by atoms with Crippen LogP contribution in [0.25, 0.3) is 17.1 Å². The maximum absolute atomic E-state index is 13.8. The number of rotatable bonds is 7. The van der Waals surface area contributed by atoms with Crippen LogP contribution in [-0.4, -0.2) is 14.8 Å². The molecule has 4 aromatic rings. The Labute approximate surface area is 178 Å². The van der Waals surface area contributed by atoms with Gasteiger partial charge in [-0.1, -0.05) is 49.0 Å². The minimum absolute atomic E-state index is 0.319. The number of benzene rings is 2. The average Bonchev–Trinajstić information content (AvgIpc) is 3.37. The van der Waals surface area contributed by atoms with E-state index in [2.05, 4.69) is 23.2 Å². The predicted octanol–water partition coefficient (Wildman–Crippen LogP) is 5.78. The second-order valence-electron chi connectivity index (χ2n) is 6.70. The number of aryl methyl sites for hydroxylation is 1. The molecule has 0 saturated heterocycles. The highest BCUT2D eigenvalue weighted by atomic mass is 32.2. The molecule has 0 unspecified atom stereocenters. The van der Waals surface area contributed by atoms with E-state index in [1.165, 1.54) is 23.9 Å². The summed E-state index contributed by atoms with van der Waals surface area (Å²) in [7, 11) is 0.